The summed E-state index contributed by atoms with van der Waals surface area (Å²) in [5.74, 6) is -0.357. The van der Waals surface area contributed by atoms with Crippen molar-refractivity contribution in [3.63, 3.8) is 0 Å². The molecule has 5 nitrogen and oxygen atoms in total. The molecular weight excluding hydrogens is 352 g/mol. The Bertz CT molecular complexity index is 1000. The standard InChI is InChI=1S/C23H24N2O3/c1-15-12-16(2)22(18(4)26)17(3)21(15)14-28-23(27)20-8-6-19(7-9-20)13-25-11-5-10-24-25/h5-12H,13-14H2,1-4H3. The van der Waals surface area contributed by atoms with Gasteiger partial charge < -0.3 is 4.74 Å². The van der Waals surface area contributed by atoms with Crippen LogP contribution in [0.5, 0.6) is 0 Å². The maximum absolute atomic E-state index is 12.4. The number of aromatic nitrogens is 2. The fraction of sp³-hybridized carbons (Fsp3) is 0.261. The zero-order valence-electron chi connectivity index (χ0n) is 16.7. The predicted octanol–water partition coefficient (Wildman–Crippen LogP) is 4.42. The minimum atomic E-state index is -0.380. The van der Waals surface area contributed by atoms with E-state index in [-0.39, 0.29) is 18.4 Å². The van der Waals surface area contributed by atoms with E-state index in [1.54, 1.807) is 25.3 Å². The molecule has 0 aliphatic heterocycles. The summed E-state index contributed by atoms with van der Waals surface area (Å²) in [7, 11) is 0. The van der Waals surface area contributed by atoms with E-state index in [2.05, 4.69) is 5.10 Å². The third-order valence-electron chi connectivity index (χ3n) is 4.92. The lowest BCUT2D eigenvalue weighted by Gasteiger charge is -2.16. The van der Waals surface area contributed by atoms with Gasteiger partial charge in [0.25, 0.3) is 0 Å². The first-order chi connectivity index (χ1) is 13.4. The number of hydrogen-bond donors (Lipinski definition) is 0. The summed E-state index contributed by atoms with van der Waals surface area (Å²) in [4.78, 5) is 24.4. The van der Waals surface area contributed by atoms with Crippen molar-refractivity contribution in [2.45, 2.75) is 40.8 Å². The molecular formula is C23H24N2O3. The lowest BCUT2D eigenvalue weighted by atomic mass is 9.92. The van der Waals surface area contributed by atoms with Gasteiger partial charge in [-0.15, -0.1) is 0 Å². The van der Waals surface area contributed by atoms with E-state index in [9.17, 15) is 9.59 Å². The van der Waals surface area contributed by atoms with Gasteiger partial charge in [-0.25, -0.2) is 4.79 Å². The van der Waals surface area contributed by atoms with Gasteiger partial charge in [-0.05, 0) is 73.7 Å². The van der Waals surface area contributed by atoms with Gasteiger partial charge in [0.05, 0.1) is 12.1 Å². The molecule has 0 spiro atoms. The molecule has 28 heavy (non-hydrogen) atoms. The summed E-state index contributed by atoms with van der Waals surface area (Å²) in [5, 5.41) is 4.18. The Labute approximate surface area is 165 Å². The molecule has 2 aromatic carbocycles. The molecule has 5 heteroatoms. The van der Waals surface area contributed by atoms with Crippen LogP contribution in [0.2, 0.25) is 0 Å². The van der Waals surface area contributed by atoms with Crippen LogP contribution in [0.1, 0.15) is 55.5 Å². The van der Waals surface area contributed by atoms with Crippen LogP contribution in [-0.4, -0.2) is 21.5 Å². The van der Waals surface area contributed by atoms with E-state index in [1.807, 2.05) is 55.9 Å². The van der Waals surface area contributed by atoms with Crippen LogP contribution in [0.25, 0.3) is 0 Å². The molecule has 0 saturated carbocycles. The molecule has 0 unspecified atom stereocenters. The summed E-state index contributed by atoms with van der Waals surface area (Å²) in [6.07, 6.45) is 3.63. The smallest absolute Gasteiger partial charge is 0.338 e. The third-order valence-corrected chi connectivity index (χ3v) is 4.92. The molecule has 0 bridgehead atoms. The fourth-order valence-electron chi connectivity index (χ4n) is 3.54. The van der Waals surface area contributed by atoms with Crippen molar-refractivity contribution in [1.82, 2.24) is 9.78 Å². The van der Waals surface area contributed by atoms with E-state index in [0.717, 1.165) is 27.8 Å². The minimum Gasteiger partial charge on any atom is -0.457 e. The molecule has 1 aromatic heterocycles. The summed E-state index contributed by atoms with van der Waals surface area (Å²) in [6.45, 7) is 8.16. The van der Waals surface area contributed by atoms with Crippen molar-refractivity contribution in [1.29, 1.82) is 0 Å². The molecule has 0 radical (unpaired) electrons. The van der Waals surface area contributed by atoms with E-state index in [1.165, 1.54) is 0 Å². The molecule has 0 aliphatic rings. The highest BCUT2D eigenvalue weighted by Gasteiger charge is 2.16. The van der Waals surface area contributed by atoms with Gasteiger partial charge in [-0.1, -0.05) is 18.2 Å². The summed E-state index contributed by atoms with van der Waals surface area (Å²) >= 11 is 0. The first kappa shape index (κ1) is 19.5. The highest BCUT2D eigenvalue weighted by atomic mass is 16.5. The van der Waals surface area contributed by atoms with Crippen LogP contribution in [0, 0.1) is 20.8 Å². The van der Waals surface area contributed by atoms with Gasteiger partial charge in [0.2, 0.25) is 0 Å². The lowest BCUT2D eigenvalue weighted by Crippen LogP contribution is -2.10. The van der Waals surface area contributed by atoms with Crippen LogP contribution < -0.4 is 0 Å². The number of hydrogen-bond acceptors (Lipinski definition) is 4. The van der Waals surface area contributed by atoms with Crippen LogP contribution >= 0.6 is 0 Å². The number of esters is 1. The Kier molecular flexibility index (Phi) is 5.73. The third kappa shape index (κ3) is 4.19. The fourth-order valence-corrected chi connectivity index (χ4v) is 3.54. The Morgan fingerprint density at radius 3 is 2.39 bits per heavy atom. The van der Waals surface area contributed by atoms with Crippen molar-refractivity contribution in [3.8, 4) is 0 Å². The summed E-state index contributed by atoms with van der Waals surface area (Å²) in [5.41, 5.74) is 5.99. The number of benzene rings is 2. The van der Waals surface area contributed by atoms with Gasteiger partial charge in [0, 0.05) is 18.0 Å². The second-order valence-corrected chi connectivity index (χ2v) is 7.02. The van der Waals surface area contributed by atoms with Crippen LogP contribution in [-0.2, 0) is 17.9 Å². The minimum absolute atomic E-state index is 0.0235. The quantitative estimate of drug-likeness (QED) is 0.472. The van der Waals surface area contributed by atoms with Crippen LogP contribution in [0.4, 0.5) is 0 Å². The Morgan fingerprint density at radius 1 is 1.07 bits per heavy atom. The Hall–Kier alpha value is -3.21. The first-order valence-electron chi connectivity index (χ1n) is 9.21. The largest absolute Gasteiger partial charge is 0.457 e. The van der Waals surface area contributed by atoms with Crippen molar-refractivity contribution in [3.05, 3.63) is 87.7 Å². The number of rotatable bonds is 6. The number of Topliss-reactive ketones (excluding diaryl/α,β-unsaturated/α-hetero) is 1. The topological polar surface area (TPSA) is 61.2 Å². The number of carbonyl (C=O) groups is 2. The number of ether oxygens (including phenoxy) is 1. The van der Waals surface area contributed by atoms with E-state index in [4.69, 9.17) is 4.74 Å². The monoisotopic (exact) mass is 376 g/mol. The Morgan fingerprint density at radius 2 is 1.79 bits per heavy atom. The number of aryl methyl sites for hydroxylation is 2. The highest BCUT2D eigenvalue weighted by Crippen LogP contribution is 2.24. The van der Waals surface area contributed by atoms with E-state index in [0.29, 0.717) is 17.7 Å². The average Bonchev–Trinajstić information content (AvgIpc) is 3.14. The molecule has 0 amide bonds. The first-order valence-corrected chi connectivity index (χ1v) is 9.21. The molecule has 3 rings (SSSR count). The van der Waals surface area contributed by atoms with Crippen LogP contribution in [0.15, 0.2) is 48.8 Å². The molecule has 144 valence electrons. The number of nitrogens with zero attached hydrogens (tertiary/aromatic N) is 2. The number of carbonyl (C=O) groups excluding carboxylic acids is 2. The summed E-state index contributed by atoms with van der Waals surface area (Å²) < 4.78 is 7.35. The molecule has 0 N–H and O–H groups in total. The Balaban J connectivity index is 1.70. The molecule has 0 aliphatic carbocycles. The highest BCUT2D eigenvalue weighted by molar-refractivity contribution is 5.97. The van der Waals surface area contributed by atoms with Crippen molar-refractivity contribution in [2.24, 2.45) is 0 Å². The molecule has 0 fully saturated rings. The normalized spacial score (nSPS) is 10.7. The van der Waals surface area contributed by atoms with Gasteiger partial charge in [0.1, 0.15) is 6.61 Å². The second-order valence-electron chi connectivity index (χ2n) is 7.02. The maximum atomic E-state index is 12.4. The van der Waals surface area contributed by atoms with Crippen molar-refractivity contribution >= 4 is 11.8 Å². The maximum Gasteiger partial charge on any atom is 0.338 e. The van der Waals surface area contributed by atoms with Gasteiger partial charge in [-0.2, -0.15) is 5.10 Å². The van der Waals surface area contributed by atoms with E-state index >= 15 is 0 Å². The SMILES string of the molecule is CC(=O)c1c(C)cc(C)c(COC(=O)c2ccc(Cn3cccn3)cc2)c1C. The van der Waals surface area contributed by atoms with Crippen LogP contribution in [0.3, 0.4) is 0 Å². The lowest BCUT2D eigenvalue weighted by molar-refractivity contribution is 0.0471. The number of ketones is 1. The van der Waals surface area contributed by atoms with E-state index < -0.39 is 0 Å². The molecule has 1 heterocycles. The van der Waals surface area contributed by atoms with Crippen molar-refractivity contribution < 1.29 is 14.3 Å². The summed E-state index contributed by atoms with van der Waals surface area (Å²) in [6, 6.07) is 11.2. The zero-order valence-corrected chi connectivity index (χ0v) is 16.7. The molecule has 3 aromatic rings. The van der Waals surface area contributed by atoms with Crippen molar-refractivity contribution in [2.75, 3.05) is 0 Å². The molecule has 0 atom stereocenters. The van der Waals surface area contributed by atoms with Gasteiger partial charge >= 0.3 is 5.97 Å². The zero-order chi connectivity index (χ0) is 20.3. The van der Waals surface area contributed by atoms with Gasteiger partial charge in [0.15, 0.2) is 5.78 Å². The molecule has 0 saturated heterocycles. The average molecular weight is 376 g/mol. The predicted molar refractivity (Wildman–Crippen MR) is 108 cm³/mol. The second kappa shape index (κ2) is 8.21. The van der Waals surface area contributed by atoms with Gasteiger partial charge in [-0.3, -0.25) is 9.48 Å².